The fourth-order valence-electron chi connectivity index (χ4n) is 3.64. The molecule has 3 heterocycles. The van der Waals surface area contributed by atoms with Crippen molar-refractivity contribution < 1.29 is 13.2 Å². The summed E-state index contributed by atoms with van der Waals surface area (Å²) in [6.45, 7) is 7.16. The van der Waals surface area contributed by atoms with E-state index in [1.165, 1.54) is 11.3 Å². The van der Waals surface area contributed by atoms with Crippen molar-refractivity contribution in [2.75, 3.05) is 46.4 Å². The molecule has 2 aliphatic heterocycles. The van der Waals surface area contributed by atoms with E-state index in [0.717, 1.165) is 62.8 Å². The van der Waals surface area contributed by atoms with Crippen molar-refractivity contribution in [3.8, 4) is 0 Å². The van der Waals surface area contributed by atoms with Crippen LogP contribution in [0.5, 0.6) is 0 Å². The maximum absolute atomic E-state index is 12.8. The van der Waals surface area contributed by atoms with Gasteiger partial charge >= 0.3 is 0 Å². The van der Waals surface area contributed by atoms with Gasteiger partial charge in [0, 0.05) is 50.6 Å². The predicted molar refractivity (Wildman–Crippen MR) is 113 cm³/mol. The van der Waals surface area contributed by atoms with Crippen molar-refractivity contribution in [1.29, 1.82) is 0 Å². The number of hydrogen-bond acceptors (Lipinski definition) is 5. The van der Waals surface area contributed by atoms with Gasteiger partial charge in [-0.2, -0.15) is 4.31 Å². The Balaban J connectivity index is 1.64. The van der Waals surface area contributed by atoms with Crippen molar-refractivity contribution in [2.45, 2.75) is 43.4 Å². The standard InChI is InChI=1S/C19H32N4O3S2/c1-3-20-19(22(2)14-16-9-12-26-15-16)21-13-17-7-8-18(27-17)28(24,25)23-10-5-4-6-11-23/h7-8,16H,3-6,9-15H2,1-2H3,(H,20,21). The molecule has 1 unspecified atom stereocenters. The zero-order valence-corrected chi connectivity index (χ0v) is 18.5. The van der Waals surface area contributed by atoms with E-state index in [4.69, 9.17) is 9.73 Å². The number of nitrogens with zero attached hydrogens (tertiary/aromatic N) is 3. The van der Waals surface area contributed by atoms with Crippen LogP contribution in [-0.4, -0.2) is 70.0 Å². The van der Waals surface area contributed by atoms with Gasteiger partial charge in [0.05, 0.1) is 13.2 Å². The first-order chi connectivity index (χ1) is 13.5. The number of hydrogen-bond donors (Lipinski definition) is 1. The van der Waals surface area contributed by atoms with Crippen LogP contribution in [0.2, 0.25) is 0 Å². The maximum Gasteiger partial charge on any atom is 0.252 e. The molecule has 0 aromatic carbocycles. The Morgan fingerprint density at radius 1 is 1.36 bits per heavy atom. The summed E-state index contributed by atoms with van der Waals surface area (Å²) in [6, 6.07) is 3.62. The molecule has 0 aliphatic carbocycles. The number of piperidine rings is 1. The van der Waals surface area contributed by atoms with Crippen LogP contribution in [0.15, 0.2) is 21.3 Å². The smallest absolute Gasteiger partial charge is 0.252 e. The van der Waals surface area contributed by atoms with E-state index in [9.17, 15) is 8.42 Å². The molecule has 0 bridgehead atoms. The number of guanidine groups is 1. The normalized spacial score (nSPS) is 21.8. The van der Waals surface area contributed by atoms with Crippen molar-refractivity contribution in [2.24, 2.45) is 10.9 Å². The molecule has 2 fully saturated rings. The minimum Gasteiger partial charge on any atom is -0.381 e. The topological polar surface area (TPSA) is 74.2 Å². The summed E-state index contributed by atoms with van der Waals surface area (Å²) in [5, 5.41) is 3.33. The van der Waals surface area contributed by atoms with Gasteiger partial charge in [-0.25, -0.2) is 13.4 Å². The van der Waals surface area contributed by atoms with E-state index >= 15 is 0 Å². The fourth-order valence-corrected chi connectivity index (χ4v) is 6.59. The Morgan fingerprint density at radius 3 is 2.82 bits per heavy atom. The van der Waals surface area contributed by atoms with E-state index in [-0.39, 0.29) is 0 Å². The van der Waals surface area contributed by atoms with Crippen LogP contribution in [0.1, 0.15) is 37.5 Å². The van der Waals surface area contributed by atoms with Gasteiger partial charge in [0.25, 0.3) is 10.0 Å². The molecule has 1 N–H and O–H groups in total. The van der Waals surface area contributed by atoms with Crippen molar-refractivity contribution in [3.63, 3.8) is 0 Å². The van der Waals surface area contributed by atoms with Crippen LogP contribution in [0.3, 0.4) is 0 Å². The molecule has 1 atom stereocenters. The van der Waals surface area contributed by atoms with E-state index in [1.807, 2.05) is 13.1 Å². The largest absolute Gasteiger partial charge is 0.381 e. The third-order valence-corrected chi connectivity index (χ3v) is 8.62. The van der Waals surface area contributed by atoms with Crippen molar-refractivity contribution in [3.05, 3.63) is 17.0 Å². The molecule has 1 aromatic rings. The lowest BCUT2D eigenvalue weighted by Gasteiger charge is -2.25. The lowest BCUT2D eigenvalue weighted by Crippen LogP contribution is -2.41. The molecule has 0 radical (unpaired) electrons. The van der Waals surface area contributed by atoms with Crippen LogP contribution < -0.4 is 5.32 Å². The summed E-state index contributed by atoms with van der Waals surface area (Å²) < 4.78 is 33.1. The molecule has 3 rings (SSSR count). The van der Waals surface area contributed by atoms with Gasteiger partial charge in [-0.1, -0.05) is 6.42 Å². The van der Waals surface area contributed by atoms with Crippen molar-refractivity contribution >= 4 is 27.3 Å². The van der Waals surface area contributed by atoms with E-state index in [1.54, 1.807) is 10.4 Å². The lowest BCUT2D eigenvalue weighted by atomic mass is 10.1. The second kappa shape index (κ2) is 10.0. The summed E-state index contributed by atoms with van der Waals surface area (Å²) in [5.41, 5.74) is 0. The monoisotopic (exact) mass is 428 g/mol. The Hall–Kier alpha value is -1.16. The fraction of sp³-hybridized carbons (Fsp3) is 0.737. The summed E-state index contributed by atoms with van der Waals surface area (Å²) in [5.74, 6) is 1.39. The number of rotatable bonds is 7. The second-order valence-electron chi connectivity index (χ2n) is 7.47. The zero-order chi connectivity index (χ0) is 20.0. The highest BCUT2D eigenvalue weighted by atomic mass is 32.2. The Kier molecular flexibility index (Phi) is 7.73. The third-order valence-electron chi connectivity index (χ3n) is 5.18. The Labute approximate surface area is 172 Å². The first-order valence-corrected chi connectivity index (χ1v) is 12.4. The van der Waals surface area contributed by atoms with E-state index < -0.39 is 10.0 Å². The highest BCUT2D eigenvalue weighted by Crippen LogP contribution is 2.27. The molecule has 2 aliphatic rings. The van der Waals surface area contributed by atoms with Crippen LogP contribution in [0, 0.1) is 5.92 Å². The van der Waals surface area contributed by atoms with Gasteiger partial charge in [0.15, 0.2) is 5.96 Å². The van der Waals surface area contributed by atoms with E-state index in [0.29, 0.717) is 29.8 Å². The van der Waals surface area contributed by atoms with E-state index in [2.05, 4.69) is 17.1 Å². The highest BCUT2D eigenvalue weighted by Gasteiger charge is 2.27. The van der Waals surface area contributed by atoms with Gasteiger partial charge in [0.2, 0.25) is 0 Å². The molecular formula is C19H32N4O3S2. The van der Waals surface area contributed by atoms with Gasteiger partial charge in [-0.05, 0) is 38.3 Å². The van der Waals surface area contributed by atoms with Crippen LogP contribution >= 0.6 is 11.3 Å². The van der Waals surface area contributed by atoms with Gasteiger partial charge < -0.3 is 15.0 Å². The Bertz CT molecular complexity index is 751. The van der Waals surface area contributed by atoms with Gasteiger partial charge in [-0.15, -0.1) is 11.3 Å². The SMILES string of the molecule is CCNC(=NCc1ccc(S(=O)(=O)N2CCCCC2)s1)N(C)CC1CCOC1. The molecule has 2 saturated heterocycles. The number of aliphatic imine (C=N–C) groups is 1. The number of nitrogens with one attached hydrogen (secondary N) is 1. The highest BCUT2D eigenvalue weighted by molar-refractivity contribution is 7.91. The predicted octanol–water partition coefficient (Wildman–Crippen LogP) is 2.36. The Morgan fingerprint density at radius 2 is 2.14 bits per heavy atom. The zero-order valence-electron chi connectivity index (χ0n) is 16.9. The molecule has 1 aromatic heterocycles. The second-order valence-corrected chi connectivity index (χ2v) is 10.8. The minimum absolute atomic E-state index is 0.432. The minimum atomic E-state index is -3.36. The van der Waals surface area contributed by atoms with Crippen LogP contribution in [0.25, 0.3) is 0 Å². The third kappa shape index (κ3) is 5.46. The quantitative estimate of drug-likeness (QED) is 0.533. The number of sulfonamides is 1. The van der Waals surface area contributed by atoms with Gasteiger partial charge in [-0.3, -0.25) is 0 Å². The number of ether oxygens (including phenoxy) is 1. The molecule has 7 nitrogen and oxygen atoms in total. The molecule has 9 heteroatoms. The van der Waals surface area contributed by atoms with Crippen molar-refractivity contribution in [1.82, 2.24) is 14.5 Å². The lowest BCUT2D eigenvalue weighted by molar-refractivity contribution is 0.181. The van der Waals surface area contributed by atoms with Gasteiger partial charge in [0.1, 0.15) is 4.21 Å². The summed E-state index contributed by atoms with van der Waals surface area (Å²) in [6.07, 6.45) is 4.11. The average molecular weight is 429 g/mol. The molecular weight excluding hydrogens is 396 g/mol. The molecule has 0 saturated carbocycles. The summed E-state index contributed by atoms with van der Waals surface area (Å²) in [7, 11) is -1.32. The first kappa shape index (κ1) is 21.5. The molecule has 0 amide bonds. The molecule has 0 spiro atoms. The summed E-state index contributed by atoms with van der Waals surface area (Å²) in [4.78, 5) is 7.83. The van der Waals surface area contributed by atoms with Crippen LogP contribution in [0.4, 0.5) is 0 Å². The van der Waals surface area contributed by atoms with Crippen LogP contribution in [-0.2, 0) is 21.3 Å². The first-order valence-electron chi connectivity index (χ1n) is 10.2. The molecule has 28 heavy (non-hydrogen) atoms. The summed E-state index contributed by atoms with van der Waals surface area (Å²) >= 11 is 1.34. The maximum atomic E-state index is 12.8. The number of thiophene rings is 1. The average Bonchev–Trinajstić information content (AvgIpc) is 3.38. The molecule has 158 valence electrons.